The van der Waals surface area contributed by atoms with Crippen molar-refractivity contribution in [3.05, 3.63) is 54.1 Å². The topological polar surface area (TPSA) is 133 Å². The van der Waals surface area contributed by atoms with Crippen LogP contribution in [-0.4, -0.2) is 40.3 Å². The molecule has 3 N–H and O–H groups in total. The maximum absolute atomic E-state index is 12.2. The van der Waals surface area contributed by atoms with Gasteiger partial charge in [0.2, 0.25) is 21.1 Å². The van der Waals surface area contributed by atoms with Crippen LogP contribution in [0.3, 0.4) is 0 Å². The van der Waals surface area contributed by atoms with E-state index in [1.807, 2.05) is 31.2 Å². The minimum atomic E-state index is -3.84. The number of carbonyl (C=O) groups excluding carboxylic acids is 1. The number of nitrogens with zero attached hydrogens (tertiary/aromatic N) is 4. The Labute approximate surface area is 160 Å². The Morgan fingerprint density at radius 2 is 2.00 bits per heavy atom. The molecule has 27 heavy (non-hydrogen) atoms. The summed E-state index contributed by atoms with van der Waals surface area (Å²) in [7, 11) is -3.84. The third kappa shape index (κ3) is 4.70. The molecule has 9 nitrogen and oxygen atoms in total. The number of amides is 1. The minimum absolute atomic E-state index is 0.0475. The molecule has 0 saturated carbocycles. The Bertz CT molecular complexity index is 1080. The monoisotopic (exact) mass is 404 g/mol. The molecule has 3 rings (SSSR count). The zero-order valence-electron chi connectivity index (χ0n) is 14.2. The van der Waals surface area contributed by atoms with Crippen molar-refractivity contribution in [1.82, 2.24) is 20.2 Å². The second-order valence-corrected chi connectivity index (χ2v) is 8.07. The van der Waals surface area contributed by atoms with Gasteiger partial charge >= 0.3 is 0 Å². The van der Waals surface area contributed by atoms with Crippen LogP contribution < -0.4 is 10.5 Å². The van der Waals surface area contributed by atoms with Crippen molar-refractivity contribution < 1.29 is 13.2 Å². The number of anilines is 1. The Kier molecular flexibility index (Phi) is 5.54. The number of rotatable bonds is 6. The second-order valence-electron chi connectivity index (χ2n) is 5.57. The van der Waals surface area contributed by atoms with Crippen LogP contribution in [0.25, 0.3) is 5.69 Å². The summed E-state index contributed by atoms with van der Waals surface area (Å²) in [5, 5.41) is 19.8. The van der Waals surface area contributed by atoms with E-state index in [0.717, 1.165) is 11.3 Å². The van der Waals surface area contributed by atoms with Gasteiger partial charge < -0.3 is 5.32 Å². The summed E-state index contributed by atoms with van der Waals surface area (Å²) in [5.41, 5.74) is 2.16. The van der Waals surface area contributed by atoms with Crippen molar-refractivity contribution in [3.63, 3.8) is 0 Å². The van der Waals surface area contributed by atoms with Crippen LogP contribution in [0.4, 0.5) is 5.69 Å². The summed E-state index contributed by atoms with van der Waals surface area (Å²) in [6.07, 6.45) is 0. The zero-order chi connectivity index (χ0) is 19.4. The fraction of sp³-hybridized carbons (Fsp3) is 0.125. The molecule has 1 amide bonds. The molecule has 0 atom stereocenters. The largest absolute Gasteiger partial charge is 0.325 e. The van der Waals surface area contributed by atoms with E-state index in [2.05, 4.69) is 20.8 Å². The summed E-state index contributed by atoms with van der Waals surface area (Å²) < 4.78 is 24.3. The first-order valence-corrected chi connectivity index (χ1v) is 10.3. The maximum atomic E-state index is 12.2. The van der Waals surface area contributed by atoms with Crippen LogP contribution in [0.5, 0.6) is 0 Å². The number of primary sulfonamides is 1. The van der Waals surface area contributed by atoms with Crippen LogP contribution in [0, 0.1) is 6.92 Å². The molecule has 11 heteroatoms. The van der Waals surface area contributed by atoms with Crippen LogP contribution in [-0.2, 0) is 14.8 Å². The van der Waals surface area contributed by atoms with Crippen LogP contribution in [0.2, 0.25) is 0 Å². The van der Waals surface area contributed by atoms with Gasteiger partial charge in [0.25, 0.3) is 0 Å². The number of hydrogen-bond donors (Lipinski definition) is 2. The fourth-order valence-corrected chi connectivity index (χ4v) is 3.54. The summed E-state index contributed by atoms with van der Waals surface area (Å²) in [4.78, 5) is 12.1. The molecule has 0 unspecified atom stereocenters. The van der Waals surface area contributed by atoms with Gasteiger partial charge in [0.05, 0.1) is 16.3 Å². The molecule has 1 aromatic heterocycles. The lowest BCUT2D eigenvalue weighted by atomic mass is 10.2. The Balaban J connectivity index is 1.68. The Hall–Kier alpha value is -2.76. The number of hydrogen-bond acceptors (Lipinski definition) is 7. The highest BCUT2D eigenvalue weighted by Gasteiger charge is 2.14. The number of thioether (sulfide) groups is 1. The maximum Gasteiger partial charge on any atom is 0.238 e. The molecule has 0 spiro atoms. The van der Waals surface area contributed by atoms with E-state index in [0.29, 0.717) is 10.8 Å². The number of para-hydroxylation sites is 1. The summed E-state index contributed by atoms with van der Waals surface area (Å²) >= 11 is 1.17. The van der Waals surface area contributed by atoms with Crippen LogP contribution >= 0.6 is 11.8 Å². The Morgan fingerprint density at radius 3 is 2.74 bits per heavy atom. The molecule has 0 aliphatic rings. The van der Waals surface area contributed by atoms with E-state index in [1.165, 1.54) is 30.0 Å². The van der Waals surface area contributed by atoms with E-state index < -0.39 is 10.0 Å². The highest BCUT2D eigenvalue weighted by Crippen LogP contribution is 2.21. The van der Waals surface area contributed by atoms with Gasteiger partial charge in [-0.3, -0.25) is 4.79 Å². The molecule has 0 aliphatic carbocycles. The molecule has 0 bridgehead atoms. The number of benzene rings is 2. The normalized spacial score (nSPS) is 11.3. The SMILES string of the molecule is Cc1ccccc1-n1nnnc1SCC(=O)Nc1cccc(S(N)(=O)=O)c1. The highest BCUT2D eigenvalue weighted by molar-refractivity contribution is 7.99. The van der Waals surface area contributed by atoms with Gasteiger partial charge in [-0.05, 0) is 47.2 Å². The lowest BCUT2D eigenvalue weighted by Crippen LogP contribution is -2.16. The van der Waals surface area contributed by atoms with Gasteiger partial charge in [0.15, 0.2) is 0 Å². The molecule has 2 aromatic carbocycles. The van der Waals surface area contributed by atoms with Gasteiger partial charge in [0.1, 0.15) is 0 Å². The molecule has 3 aromatic rings. The molecular formula is C16H16N6O3S2. The second kappa shape index (κ2) is 7.86. The van der Waals surface area contributed by atoms with Crippen molar-refractivity contribution in [2.75, 3.05) is 11.1 Å². The van der Waals surface area contributed by atoms with Crippen molar-refractivity contribution in [2.24, 2.45) is 5.14 Å². The van der Waals surface area contributed by atoms with E-state index in [-0.39, 0.29) is 16.6 Å². The first-order valence-electron chi connectivity index (χ1n) is 7.74. The minimum Gasteiger partial charge on any atom is -0.325 e. The average molecular weight is 404 g/mol. The van der Waals surface area contributed by atoms with Gasteiger partial charge in [0, 0.05) is 5.69 Å². The van der Waals surface area contributed by atoms with Crippen molar-refractivity contribution >= 4 is 33.4 Å². The molecular weight excluding hydrogens is 388 g/mol. The third-order valence-corrected chi connectivity index (χ3v) is 5.39. The van der Waals surface area contributed by atoms with Crippen molar-refractivity contribution in [2.45, 2.75) is 17.0 Å². The molecule has 140 valence electrons. The number of aromatic nitrogens is 4. The van der Waals surface area contributed by atoms with Gasteiger partial charge in [-0.25, -0.2) is 13.6 Å². The van der Waals surface area contributed by atoms with Crippen molar-refractivity contribution in [1.29, 1.82) is 0 Å². The molecule has 0 aliphatic heterocycles. The number of tetrazole rings is 1. The predicted octanol–water partition coefficient (Wildman–Crippen LogP) is 1.35. The smallest absolute Gasteiger partial charge is 0.238 e. The standard InChI is InChI=1S/C16H16N6O3S2/c1-11-5-2-3-8-14(11)22-16(19-20-21-22)26-10-15(23)18-12-6-4-7-13(9-12)27(17,24)25/h2-9H,10H2,1H3,(H,18,23)(H2,17,24,25). The number of nitrogens with two attached hydrogens (primary N) is 1. The Morgan fingerprint density at radius 1 is 1.22 bits per heavy atom. The van der Waals surface area contributed by atoms with E-state index in [9.17, 15) is 13.2 Å². The predicted molar refractivity (Wildman–Crippen MR) is 101 cm³/mol. The number of aryl methyl sites for hydroxylation is 1. The molecule has 0 radical (unpaired) electrons. The van der Waals surface area contributed by atoms with Crippen LogP contribution in [0.1, 0.15) is 5.56 Å². The first kappa shape index (κ1) is 19.0. The van der Waals surface area contributed by atoms with Crippen LogP contribution in [0.15, 0.2) is 58.6 Å². The summed E-state index contributed by atoms with van der Waals surface area (Å²) in [6, 6.07) is 13.4. The molecule has 1 heterocycles. The number of nitrogens with one attached hydrogen (secondary N) is 1. The number of sulfonamides is 1. The lowest BCUT2D eigenvalue weighted by molar-refractivity contribution is -0.113. The van der Waals surface area contributed by atoms with E-state index >= 15 is 0 Å². The molecule has 0 fully saturated rings. The summed E-state index contributed by atoms with van der Waals surface area (Å²) in [5.74, 6) is -0.280. The lowest BCUT2D eigenvalue weighted by Gasteiger charge is -2.08. The third-order valence-electron chi connectivity index (χ3n) is 3.56. The van der Waals surface area contributed by atoms with E-state index in [4.69, 9.17) is 5.14 Å². The van der Waals surface area contributed by atoms with Gasteiger partial charge in [-0.15, -0.1) is 5.10 Å². The van der Waals surface area contributed by atoms with Crippen molar-refractivity contribution in [3.8, 4) is 5.69 Å². The first-order chi connectivity index (χ1) is 12.8. The quantitative estimate of drug-likeness (QED) is 0.592. The highest BCUT2D eigenvalue weighted by atomic mass is 32.2. The number of carbonyl (C=O) groups is 1. The summed E-state index contributed by atoms with van der Waals surface area (Å²) in [6.45, 7) is 1.94. The van der Waals surface area contributed by atoms with Gasteiger partial charge in [-0.2, -0.15) is 4.68 Å². The molecule has 0 saturated heterocycles. The fourth-order valence-electron chi connectivity index (χ4n) is 2.30. The van der Waals surface area contributed by atoms with Gasteiger partial charge in [-0.1, -0.05) is 36.0 Å². The van der Waals surface area contributed by atoms with E-state index in [1.54, 1.807) is 10.7 Å². The average Bonchev–Trinajstić information content (AvgIpc) is 3.08. The zero-order valence-corrected chi connectivity index (χ0v) is 15.9.